The van der Waals surface area contributed by atoms with Crippen LogP contribution in [0, 0.1) is 18.3 Å². The normalized spacial score (nSPS) is 21.2. The summed E-state index contributed by atoms with van der Waals surface area (Å²) in [6.07, 6.45) is -5.41. The number of aryl methyl sites for hydroxylation is 1. The SMILES string of the molecule is CC(=O)OC[C@H]1O[C@@H](S/C(Nc2ccccc2)=C(\C#N)C(=O)Nc2ccc(C)cc2)[C@H](OC(C)=O)[C@@H](OC(C)=O)[C@H]1OC(C)=O. The maximum atomic E-state index is 13.4. The second kappa shape index (κ2) is 16.3. The summed E-state index contributed by atoms with van der Waals surface area (Å²) in [5, 5.41) is 15.9. The van der Waals surface area contributed by atoms with Gasteiger partial charge in [-0.15, -0.1) is 0 Å². The molecule has 0 aliphatic carbocycles. The van der Waals surface area contributed by atoms with Gasteiger partial charge < -0.3 is 34.3 Å². The number of nitriles is 1. The molecule has 0 spiro atoms. The Morgan fingerprint density at radius 1 is 0.778 bits per heavy atom. The standard InChI is InChI=1S/C31H33N3O10S/c1-17-11-13-23(14-12-17)33-29(39)24(15-32)30(34-22-9-7-6-8-10-22)45-31-28(43-21(5)38)27(42-20(4)37)26(41-19(3)36)25(44-31)16-40-18(2)35/h6-14,25-28,31,34H,16H2,1-5H3,(H,33,39)/b30-24+/t25-,26+,27+,28-,31+/m1/s1. The summed E-state index contributed by atoms with van der Waals surface area (Å²) in [4.78, 5) is 61.6. The number of amides is 1. The molecule has 14 heteroatoms. The van der Waals surface area contributed by atoms with E-state index >= 15 is 0 Å². The van der Waals surface area contributed by atoms with Gasteiger partial charge in [-0.2, -0.15) is 5.26 Å². The summed E-state index contributed by atoms with van der Waals surface area (Å²) in [5.41, 5.74) is 0.274. The van der Waals surface area contributed by atoms with E-state index in [9.17, 15) is 29.2 Å². The van der Waals surface area contributed by atoms with Crippen LogP contribution in [0.2, 0.25) is 0 Å². The number of nitrogens with one attached hydrogen (secondary N) is 2. The number of nitrogens with zero attached hydrogens (tertiary/aromatic N) is 1. The lowest BCUT2D eigenvalue weighted by atomic mass is 9.99. The van der Waals surface area contributed by atoms with Crippen LogP contribution in [0.1, 0.15) is 33.3 Å². The fraction of sp³-hybridized carbons (Fsp3) is 0.355. The number of hydrogen-bond acceptors (Lipinski definition) is 13. The van der Waals surface area contributed by atoms with Crippen molar-refractivity contribution in [1.82, 2.24) is 0 Å². The van der Waals surface area contributed by atoms with Gasteiger partial charge in [-0.3, -0.25) is 24.0 Å². The van der Waals surface area contributed by atoms with E-state index in [-0.39, 0.29) is 10.6 Å². The van der Waals surface area contributed by atoms with E-state index in [1.807, 2.05) is 13.0 Å². The molecule has 1 aliphatic rings. The third kappa shape index (κ3) is 10.4. The molecule has 238 valence electrons. The lowest BCUT2D eigenvalue weighted by Gasteiger charge is -2.44. The molecule has 0 bridgehead atoms. The highest BCUT2D eigenvalue weighted by molar-refractivity contribution is 8.03. The van der Waals surface area contributed by atoms with Gasteiger partial charge in [-0.25, -0.2) is 0 Å². The zero-order chi connectivity index (χ0) is 33.1. The van der Waals surface area contributed by atoms with Gasteiger partial charge >= 0.3 is 23.9 Å². The number of para-hydroxylation sites is 1. The van der Waals surface area contributed by atoms with Crippen LogP contribution in [-0.4, -0.2) is 66.2 Å². The van der Waals surface area contributed by atoms with E-state index in [4.69, 9.17) is 23.7 Å². The third-order valence-electron chi connectivity index (χ3n) is 6.09. The van der Waals surface area contributed by atoms with Crippen molar-refractivity contribution in [2.45, 2.75) is 64.5 Å². The van der Waals surface area contributed by atoms with E-state index in [1.165, 1.54) is 0 Å². The maximum Gasteiger partial charge on any atom is 0.303 e. The number of hydrogen-bond donors (Lipinski definition) is 2. The van der Waals surface area contributed by atoms with Crippen molar-refractivity contribution >= 4 is 52.9 Å². The lowest BCUT2D eigenvalue weighted by molar-refractivity contribution is -0.237. The smallest absolute Gasteiger partial charge is 0.303 e. The fourth-order valence-corrected chi connectivity index (χ4v) is 5.45. The Kier molecular flexibility index (Phi) is 12.5. The summed E-state index contributed by atoms with van der Waals surface area (Å²) in [7, 11) is 0. The molecule has 1 fully saturated rings. The van der Waals surface area contributed by atoms with Crippen LogP contribution >= 0.6 is 11.8 Å². The van der Waals surface area contributed by atoms with Crippen LogP contribution in [0.3, 0.4) is 0 Å². The summed E-state index contributed by atoms with van der Waals surface area (Å²) < 4.78 is 27.8. The molecule has 1 aliphatic heterocycles. The van der Waals surface area contributed by atoms with Crippen LogP contribution in [0.25, 0.3) is 0 Å². The van der Waals surface area contributed by atoms with Crippen molar-refractivity contribution in [2.75, 3.05) is 17.2 Å². The van der Waals surface area contributed by atoms with Gasteiger partial charge in [0.1, 0.15) is 24.4 Å². The van der Waals surface area contributed by atoms with Gasteiger partial charge in [0, 0.05) is 39.1 Å². The van der Waals surface area contributed by atoms with Gasteiger partial charge in [0.25, 0.3) is 5.91 Å². The summed E-state index contributed by atoms with van der Waals surface area (Å²) in [5.74, 6) is -3.77. The Bertz CT molecular complexity index is 1470. The number of benzene rings is 2. The molecule has 0 unspecified atom stereocenters. The maximum absolute atomic E-state index is 13.4. The van der Waals surface area contributed by atoms with Gasteiger partial charge in [-0.1, -0.05) is 47.7 Å². The van der Waals surface area contributed by atoms with E-state index in [0.29, 0.717) is 11.4 Å². The van der Waals surface area contributed by atoms with Crippen molar-refractivity contribution in [2.24, 2.45) is 0 Å². The first-order valence-electron chi connectivity index (χ1n) is 13.7. The highest BCUT2D eigenvalue weighted by Gasteiger charge is 2.53. The van der Waals surface area contributed by atoms with E-state index < -0.39 is 66.2 Å². The van der Waals surface area contributed by atoms with E-state index in [2.05, 4.69) is 10.6 Å². The summed E-state index contributed by atoms with van der Waals surface area (Å²) in [6, 6.07) is 17.5. The van der Waals surface area contributed by atoms with E-state index in [1.54, 1.807) is 54.6 Å². The molecular formula is C31H33N3O10S. The van der Waals surface area contributed by atoms with E-state index in [0.717, 1.165) is 45.0 Å². The quantitative estimate of drug-likeness (QED) is 0.158. The highest BCUT2D eigenvalue weighted by Crippen LogP contribution is 2.38. The molecule has 1 amide bonds. The first-order valence-corrected chi connectivity index (χ1v) is 14.6. The second-order valence-electron chi connectivity index (χ2n) is 9.81. The average Bonchev–Trinajstić information content (AvgIpc) is 2.96. The minimum atomic E-state index is -1.42. The average molecular weight is 640 g/mol. The Morgan fingerprint density at radius 3 is 1.89 bits per heavy atom. The monoisotopic (exact) mass is 639 g/mol. The predicted molar refractivity (Wildman–Crippen MR) is 162 cm³/mol. The molecule has 13 nitrogen and oxygen atoms in total. The molecule has 0 aromatic heterocycles. The fourth-order valence-electron chi connectivity index (χ4n) is 4.24. The minimum Gasteiger partial charge on any atom is -0.463 e. The summed E-state index contributed by atoms with van der Waals surface area (Å²) >= 11 is 0.788. The first-order chi connectivity index (χ1) is 21.4. The zero-order valence-electron chi connectivity index (χ0n) is 25.2. The number of thioether (sulfide) groups is 1. The topological polar surface area (TPSA) is 179 Å². The van der Waals surface area contributed by atoms with Crippen molar-refractivity contribution in [1.29, 1.82) is 5.26 Å². The van der Waals surface area contributed by atoms with Crippen LogP contribution in [0.5, 0.6) is 0 Å². The second-order valence-corrected chi connectivity index (χ2v) is 10.9. The first kappa shape index (κ1) is 34.6. The number of anilines is 2. The molecule has 45 heavy (non-hydrogen) atoms. The Labute approximate surface area is 264 Å². The van der Waals surface area contributed by atoms with Crippen molar-refractivity contribution in [3.05, 3.63) is 70.8 Å². The van der Waals surface area contributed by atoms with Gasteiger partial charge in [0.2, 0.25) is 0 Å². The Balaban J connectivity index is 2.12. The number of ether oxygens (including phenoxy) is 5. The van der Waals surface area contributed by atoms with Crippen LogP contribution in [0.4, 0.5) is 11.4 Å². The molecule has 2 aromatic carbocycles. The molecular weight excluding hydrogens is 606 g/mol. The number of esters is 4. The molecule has 2 N–H and O–H groups in total. The number of rotatable bonds is 11. The number of carbonyl (C=O) groups is 5. The molecule has 1 saturated heterocycles. The van der Waals surface area contributed by atoms with Crippen molar-refractivity contribution in [3.63, 3.8) is 0 Å². The van der Waals surface area contributed by atoms with Crippen molar-refractivity contribution in [3.8, 4) is 6.07 Å². The molecule has 3 rings (SSSR count). The van der Waals surface area contributed by atoms with Gasteiger partial charge in [0.05, 0.1) is 5.03 Å². The Morgan fingerprint density at radius 2 is 1.33 bits per heavy atom. The van der Waals surface area contributed by atoms with Crippen LogP contribution in [-0.2, 0) is 47.7 Å². The third-order valence-corrected chi connectivity index (χ3v) is 7.24. The van der Waals surface area contributed by atoms with Crippen LogP contribution in [0.15, 0.2) is 65.2 Å². The van der Waals surface area contributed by atoms with Gasteiger partial charge in [0.15, 0.2) is 23.7 Å². The molecule has 1 heterocycles. The minimum absolute atomic E-state index is 0.00536. The Hall–Kier alpha value is -4.87. The van der Waals surface area contributed by atoms with Crippen molar-refractivity contribution < 1.29 is 47.7 Å². The largest absolute Gasteiger partial charge is 0.463 e. The van der Waals surface area contributed by atoms with Gasteiger partial charge in [-0.05, 0) is 31.2 Å². The lowest BCUT2D eigenvalue weighted by Crippen LogP contribution is -2.61. The van der Waals surface area contributed by atoms with Crippen LogP contribution < -0.4 is 10.6 Å². The molecule has 5 atom stereocenters. The molecule has 0 saturated carbocycles. The molecule has 2 aromatic rings. The zero-order valence-corrected chi connectivity index (χ0v) is 26.0. The summed E-state index contributed by atoms with van der Waals surface area (Å²) in [6.45, 7) is 5.97. The highest BCUT2D eigenvalue weighted by atomic mass is 32.2. The number of carbonyl (C=O) groups excluding carboxylic acids is 5. The predicted octanol–water partition coefficient (Wildman–Crippen LogP) is 3.60. The molecule has 0 radical (unpaired) electrons.